The predicted molar refractivity (Wildman–Crippen MR) is 86.6 cm³/mol. The molecule has 22 heavy (non-hydrogen) atoms. The molecule has 0 spiro atoms. The number of aliphatic hydroxyl groups is 1. The molecule has 0 aromatic heterocycles. The lowest BCUT2D eigenvalue weighted by Gasteiger charge is -2.34. The first-order valence-corrected chi connectivity index (χ1v) is 8.39. The van der Waals surface area contributed by atoms with Crippen LogP contribution in [0.2, 0.25) is 0 Å². The van der Waals surface area contributed by atoms with Gasteiger partial charge in [-0.05, 0) is 49.8 Å². The van der Waals surface area contributed by atoms with E-state index in [2.05, 4.69) is 29.2 Å². The molecule has 0 unspecified atom stereocenters. The van der Waals surface area contributed by atoms with Crippen LogP contribution in [0.1, 0.15) is 42.9 Å². The number of likely N-dealkylation sites (tertiary alicyclic amines) is 1. The quantitative estimate of drug-likeness (QED) is 0.925. The SMILES string of the molecule is CN(C(=O)CN1CCC[C@H]1CO)[C@H]1CCCc2ccccc21. The molecule has 1 aliphatic heterocycles. The topological polar surface area (TPSA) is 43.8 Å². The van der Waals surface area contributed by atoms with Crippen molar-refractivity contribution < 1.29 is 9.90 Å². The fourth-order valence-electron chi connectivity index (χ4n) is 3.90. The molecule has 1 saturated heterocycles. The third kappa shape index (κ3) is 3.03. The maximum absolute atomic E-state index is 12.7. The van der Waals surface area contributed by atoms with Crippen LogP contribution in [-0.4, -0.2) is 53.6 Å². The standard InChI is InChI=1S/C18H26N2O2/c1-19(18(22)12-20-11-5-8-15(20)13-21)17-10-4-7-14-6-2-3-9-16(14)17/h2-3,6,9,15,17,21H,4-5,7-8,10-13H2,1H3/t15-,17-/m0/s1. The van der Waals surface area contributed by atoms with E-state index in [1.54, 1.807) is 0 Å². The Labute approximate surface area is 132 Å². The van der Waals surface area contributed by atoms with E-state index in [1.807, 2.05) is 11.9 Å². The Morgan fingerprint density at radius 3 is 2.95 bits per heavy atom. The number of hydrogen-bond donors (Lipinski definition) is 1. The third-order valence-corrected chi connectivity index (χ3v) is 5.25. The van der Waals surface area contributed by atoms with Gasteiger partial charge >= 0.3 is 0 Å². The Hall–Kier alpha value is -1.39. The number of rotatable bonds is 4. The first-order chi connectivity index (χ1) is 10.7. The summed E-state index contributed by atoms with van der Waals surface area (Å²) < 4.78 is 0. The van der Waals surface area contributed by atoms with Crippen molar-refractivity contribution in [3.8, 4) is 0 Å². The van der Waals surface area contributed by atoms with Gasteiger partial charge in [-0.1, -0.05) is 24.3 Å². The second-order valence-electron chi connectivity index (χ2n) is 6.56. The van der Waals surface area contributed by atoms with Crippen LogP contribution in [0.5, 0.6) is 0 Å². The molecule has 0 saturated carbocycles. The number of nitrogens with zero attached hydrogens (tertiary/aromatic N) is 2. The summed E-state index contributed by atoms with van der Waals surface area (Å²) in [5.74, 6) is 0.169. The van der Waals surface area contributed by atoms with Crippen LogP contribution in [0.25, 0.3) is 0 Å². The summed E-state index contributed by atoms with van der Waals surface area (Å²) in [4.78, 5) is 16.7. The number of carbonyl (C=O) groups is 1. The van der Waals surface area contributed by atoms with Gasteiger partial charge in [0.1, 0.15) is 0 Å². The van der Waals surface area contributed by atoms with Crippen LogP contribution >= 0.6 is 0 Å². The second-order valence-corrected chi connectivity index (χ2v) is 6.56. The fraction of sp³-hybridized carbons (Fsp3) is 0.611. The van der Waals surface area contributed by atoms with E-state index in [-0.39, 0.29) is 24.6 Å². The molecule has 0 radical (unpaired) electrons. The molecule has 1 N–H and O–H groups in total. The van der Waals surface area contributed by atoms with E-state index in [0.29, 0.717) is 6.54 Å². The summed E-state index contributed by atoms with van der Waals surface area (Å²) in [6.07, 6.45) is 5.38. The molecule has 1 aromatic carbocycles. The molecular weight excluding hydrogens is 276 g/mol. The monoisotopic (exact) mass is 302 g/mol. The molecule has 1 aliphatic carbocycles. The molecule has 1 amide bonds. The summed E-state index contributed by atoms with van der Waals surface area (Å²) in [7, 11) is 1.93. The molecule has 1 fully saturated rings. The van der Waals surface area contributed by atoms with Gasteiger partial charge < -0.3 is 10.0 Å². The van der Waals surface area contributed by atoms with Gasteiger partial charge in [-0.15, -0.1) is 0 Å². The zero-order chi connectivity index (χ0) is 15.5. The maximum atomic E-state index is 12.7. The molecule has 3 rings (SSSR count). The molecule has 0 bridgehead atoms. The zero-order valence-electron chi connectivity index (χ0n) is 13.4. The molecule has 2 aliphatic rings. The van der Waals surface area contributed by atoms with Crippen molar-refractivity contribution in [2.75, 3.05) is 26.7 Å². The molecule has 4 nitrogen and oxygen atoms in total. The smallest absolute Gasteiger partial charge is 0.237 e. The molecule has 1 aromatic rings. The van der Waals surface area contributed by atoms with Crippen molar-refractivity contribution in [1.29, 1.82) is 0 Å². The highest BCUT2D eigenvalue weighted by atomic mass is 16.3. The van der Waals surface area contributed by atoms with Gasteiger partial charge in [0.05, 0.1) is 19.2 Å². The highest BCUT2D eigenvalue weighted by Gasteiger charge is 2.30. The van der Waals surface area contributed by atoms with Crippen molar-refractivity contribution in [2.24, 2.45) is 0 Å². The molecule has 2 atom stereocenters. The summed E-state index contributed by atoms with van der Waals surface area (Å²) in [6, 6.07) is 8.86. The van der Waals surface area contributed by atoms with Crippen molar-refractivity contribution in [2.45, 2.75) is 44.2 Å². The van der Waals surface area contributed by atoms with Gasteiger partial charge in [0.25, 0.3) is 0 Å². The lowest BCUT2D eigenvalue weighted by atomic mass is 9.87. The number of carbonyl (C=O) groups excluding carboxylic acids is 1. The first-order valence-electron chi connectivity index (χ1n) is 8.39. The average molecular weight is 302 g/mol. The van der Waals surface area contributed by atoms with Gasteiger partial charge in [0.15, 0.2) is 0 Å². The number of likely N-dealkylation sites (N-methyl/N-ethyl adjacent to an activating group) is 1. The van der Waals surface area contributed by atoms with E-state index in [0.717, 1.165) is 38.6 Å². The first kappa shape index (κ1) is 15.5. The van der Waals surface area contributed by atoms with Gasteiger partial charge in [-0.3, -0.25) is 9.69 Å². The van der Waals surface area contributed by atoms with E-state index in [4.69, 9.17) is 0 Å². The van der Waals surface area contributed by atoms with Crippen LogP contribution in [0.4, 0.5) is 0 Å². The molecule has 120 valence electrons. The Morgan fingerprint density at radius 1 is 1.32 bits per heavy atom. The van der Waals surface area contributed by atoms with Crippen LogP contribution in [0, 0.1) is 0 Å². The molecule has 4 heteroatoms. The van der Waals surface area contributed by atoms with E-state index >= 15 is 0 Å². The second kappa shape index (κ2) is 6.80. The normalized spacial score (nSPS) is 25.0. The Kier molecular flexibility index (Phi) is 4.79. The summed E-state index contributed by atoms with van der Waals surface area (Å²) in [5.41, 5.74) is 2.69. The summed E-state index contributed by atoms with van der Waals surface area (Å²) in [5, 5.41) is 9.40. The van der Waals surface area contributed by atoms with Crippen molar-refractivity contribution in [3.63, 3.8) is 0 Å². The highest BCUT2D eigenvalue weighted by molar-refractivity contribution is 5.78. The predicted octanol–water partition coefficient (Wildman–Crippen LogP) is 1.98. The van der Waals surface area contributed by atoms with Crippen LogP contribution < -0.4 is 0 Å². The molecule has 1 heterocycles. The minimum atomic E-state index is 0.156. The Balaban J connectivity index is 1.69. The van der Waals surface area contributed by atoms with Crippen LogP contribution in [-0.2, 0) is 11.2 Å². The average Bonchev–Trinajstić information content (AvgIpc) is 3.00. The number of fused-ring (bicyclic) bond motifs is 1. The zero-order valence-corrected chi connectivity index (χ0v) is 13.4. The van der Waals surface area contributed by atoms with E-state index in [9.17, 15) is 9.90 Å². The molecular formula is C18H26N2O2. The van der Waals surface area contributed by atoms with Gasteiger partial charge in [0, 0.05) is 13.1 Å². The highest BCUT2D eigenvalue weighted by Crippen LogP contribution is 2.33. The number of hydrogen-bond acceptors (Lipinski definition) is 3. The number of aliphatic hydroxyl groups excluding tert-OH is 1. The van der Waals surface area contributed by atoms with E-state index < -0.39 is 0 Å². The summed E-state index contributed by atoms with van der Waals surface area (Å²) in [6.45, 7) is 1.51. The van der Waals surface area contributed by atoms with Crippen LogP contribution in [0.3, 0.4) is 0 Å². The van der Waals surface area contributed by atoms with Crippen LogP contribution in [0.15, 0.2) is 24.3 Å². The fourth-order valence-corrected chi connectivity index (χ4v) is 3.90. The van der Waals surface area contributed by atoms with Gasteiger partial charge in [-0.2, -0.15) is 0 Å². The number of aryl methyl sites for hydroxylation is 1. The van der Waals surface area contributed by atoms with Crippen molar-refractivity contribution in [1.82, 2.24) is 9.80 Å². The maximum Gasteiger partial charge on any atom is 0.237 e. The van der Waals surface area contributed by atoms with Crippen molar-refractivity contribution >= 4 is 5.91 Å². The Bertz CT molecular complexity index is 532. The lowest BCUT2D eigenvalue weighted by Crippen LogP contribution is -2.43. The third-order valence-electron chi connectivity index (χ3n) is 5.25. The van der Waals surface area contributed by atoms with Crippen molar-refractivity contribution in [3.05, 3.63) is 35.4 Å². The summed E-state index contributed by atoms with van der Waals surface area (Å²) >= 11 is 0. The minimum absolute atomic E-state index is 0.156. The largest absolute Gasteiger partial charge is 0.395 e. The van der Waals surface area contributed by atoms with E-state index in [1.165, 1.54) is 11.1 Å². The minimum Gasteiger partial charge on any atom is -0.395 e. The number of benzene rings is 1. The Morgan fingerprint density at radius 2 is 2.14 bits per heavy atom. The van der Waals surface area contributed by atoms with Gasteiger partial charge in [-0.25, -0.2) is 0 Å². The lowest BCUT2D eigenvalue weighted by molar-refractivity contribution is -0.134. The number of amides is 1. The van der Waals surface area contributed by atoms with Gasteiger partial charge in [0.2, 0.25) is 5.91 Å².